The van der Waals surface area contributed by atoms with Crippen molar-refractivity contribution in [3.8, 4) is 11.1 Å². The number of hydrogen-bond donors (Lipinski definition) is 3. The molecule has 3 aromatic heterocycles. The molecule has 156 valence electrons. The van der Waals surface area contributed by atoms with Crippen LogP contribution in [0.3, 0.4) is 0 Å². The van der Waals surface area contributed by atoms with E-state index in [1.165, 1.54) is 10.7 Å². The zero-order valence-corrected chi connectivity index (χ0v) is 16.4. The Morgan fingerprint density at radius 1 is 1.23 bits per heavy atom. The third kappa shape index (κ3) is 2.96. The lowest BCUT2D eigenvalue weighted by Crippen LogP contribution is -2.51. The van der Waals surface area contributed by atoms with Crippen molar-refractivity contribution in [3.05, 3.63) is 40.7 Å². The molecule has 0 saturated heterocycles. The van der Waals surface area contributed by atoms with E-state index in [-0.39, 0.29) is 23.4 Å². The molecule has 3 fully saturated rings. The van der Waals surface area contributed by atoms with Gasteiger partial charge in [0.1, 0.15) is 17.3 Å². The van der Waals surface area contributed by atoms with Crippen LogP contribution >= 0.6 is 0 Å². The van der Waals surface area contributed by atoms with Crippen LogP contribution in [0.15, 0.2) is 29.3 Å². The second-order valence-electron chi connectivity index (χ2n) is 8.33. The van der Waals surface area contributed by atoms with Gasteiger partial charge in [-0.25, -0.2) is 14.1 Å². The van der Waals surface area contributed by atoms with Gasteiger partial charge in [0.05, 0.1) is 17.7 Å². The van der Waals surface area contributed by atoms with E-state index in [0.717, 1.165) is 31.9 Å². The molecule has 8 nitrogen and oxygen atoms in total. The van der Waals surface area contributed by atoms with Crippen LogP contribution < -0.4 is 10.9 Å². The predicted molar refractivity (Wildman–Crippen MR) is 109 cm³/mol. The lowest BCUT2D eigenvalue weighted by atomic mass is 9.61. The average Bonchev–Trinajstić information content (AvgIpc) is 3.14. The molecule has 3 N–H and O–H groups in total. The Bertz CT molecular complexity index is 1200. The van der Waals surface area contributed by atoms with E-state index in [0.29, 0.717) is 28.0 Å². The average molecular weight is 411 g/mol. The van der Waals surface area contributed by atoms with E-state index in [1.54, 1.807) is 19.3 Å². The van der Waals surface area contributed by atoms with Crippen LogP contribution in [0.4, 0.5) is 10.2 Å². The normalized spacial score (nSPS) is 25.5. The summed E-state index contributed by atoms with van der Waals surface area (Å²) in [6, 6.07) is 2.73. The molecular weight excluding hydrogens is 389 g/mol. The number of nitrogens with one attached hydrogen (secondary N) is 2. The molecule has 0 aliphatic heterocycles. The van der Waals surface area contributed by atoms with Gasteiger partial charge in [-0.2, -0.15) is 5.10 Å². The highest BCUT2D eigenvalue weighted by molar-refractivity contribution is 5.93. The van der Waals surface area contributed by atoms with E-state index in [2.05, 4.69) is 20.4 Å². The minimum absolute atomic E-state index is 0.166. The molecule has 3 heterocycles. The molecule has 30 heavy (non-hydrogen) atoms. The molecule has 6 rings (SSSR count). The molecule has 3 aromatic rings. The lowest BCUT2D eigenvalue weighted by Gasteiger charge is -2.47. The van der Waals surface area contributed by atoms with Gasteiger partial charge in [0.25, 0.3) is 5.56 Å². The standard InChI is InChI=1S/C21H22FN5O3/c1-27-20(28)14(15-9-24-19-13(15)6-12(22)8-23-19)7-16(26-27)25-18-11-4-2-10(3-5-11)17(18)21(29)30/h6-11,17-18H,2-5H2,1H3,(H,23,24)(H,25,26)(H,29,30)/t10-,11+,17-,18?/m0/s1. The number of fused-ring (bicyclic) bond motifs is 4. The first-order valence-corrected chi connectivity index (χ1v) is 10.1. The van der Waals surface area contributed by atoms with Crippen LogP contribution in [0.2, 0.25) is 0 Å². The van der Waals surface area contributed by atoms with Crippen LogP contribution in [0.1, 0.15) is 25.7 Å². The van der Waals surface area contributed by atoms with Crippen LogP contribution in [-0.2, 0) is 11.8 Å². The lowest BCUT2D eigenvalue weighted by molar-refractivity contribution is -0.148. The van der Waals surface area contributed by atoms with Crippen molar-refractivity contribution in [1.29, 1.82) is 0 Å². The number of aliphatic carboxylic acids is 1. The molecule has 9 heteroatoms. The van der Waals surface area contributed by atoms with Crippen molar-refractivity contribution in [2.75, 3.05) is 5.32 Å². The van der Waals surface area contributed by atoms with Crippen LogP contribution in [0.5, 0.6) is 0 Å². The minimum Gasteiger partial charge on any atom is -0.481 e. The summed E-state index contributed by atoms with van der Waals surface area (Å²) < 4.78 is 15.0. The number of hydrogen-bond acceptors (Lipinski definition) is 5. The number of nitrogens with zero attached hydrogens (tertiary/aromatic N) is 3. The van der Waals surface area contributed by atoms with Crippen LogP contribution in [0.25, 0.3) is 22.2 Å². The Hall–Kier alpha value is -3.23. The van der Waals surface area contributed by atoms with Crippen molar-refractivity contribution < 1.29 is 14.3 Å². The maximum atomic E-state index is 13.7. The SMILES string of the molecule is Cn1nc(NC2[C@H]3CC[C@H](CC3)[C@@H]2C(=O)O)cc(-c2c[nH]c3ncc(F)cc23)c1=O. The summed E-state index contributed by atoms with van der Waals surface area (Å²) in [6.45, 7) is 0. The van der Waals surface area contributed by atoms with Gasteiger partial charge < -0.3 is 15.4 Å². The van der Waals surface area contributed by atoms with Crippen molar-refractivity contribution in [2.24, 2.45) is 24.8 Å². The molecule has 1 unspecified atom stereocenters. The first kappa shape index (κ1) is 18.8. The van der Waals surface area contributed by atoms with Gasteiger partial charge >= 0.3 is 5.97 Å². The van der Waals surface area contributed by atoms with E-state index in [9.17, 15) is 19.1 Å². The molecule has 3 aliphatic carbocycles. The Kier molecular flexibility index (Phi) is 4.34. The third-order valence-electron chi connectivity index (χ3n) is 6.67. The Morgan fingerprint density at radius 3 is 2.70 bits per heavy atom. The summed E-state index contributed by atoms with van der Waals surface area (Å²) in [6.07, 6.45) is 6.63. The van der Waals surface area contributed by atoms with Crippen molar-refractivity contribution in [2.45, 2.75) is 31.7 Å². The van der Waals surface area contributed by atoms with Crippen LogP contribution in [0, 0.1) is 23.6 Å². The highest BCUT2D eigenvalue weighted by Gasteiger charge is 2.47. The van der Waals surface area contributed by atoms with Crippen molar-refractivity contribution in [1.82, 2.24) is 19.7 Å². The van der Waals surface area contributed by atoms with Crippen molar-refractivity contribution in [3.63, 3.8) is 0 Å². The zero-order valence-electron chi connectivity index (χ0n) is 16.4. The quantitative estimate of drug-likeness (QED) is 0.609. The van der Waals surface area contributed by atoms with Crippen LogP contribution in [-0.4, -0.2) is 36.9 Å². The maximum Gasteiger partial charge on any atom is 0.308 e. The second-order valence-corrected chi connectivity index (χ2v) is 8.33. The van der Waals surface area contributed by atoms with Gasteiger partial charge in [-0.15, -0.1) is 0 Å². The fourth-order valence-electron chi connectivity index (χ4n) is 5.26. The summed E-state index contributed by atoms with van der Waals surface area (Å²) in [5.74, 6) is -0.870. The number of pyridine rings is 1. The number of aromatic nitrogens is 4. The predicted octanol–water partition coefficient (Wildman–Crippen LogP) is 2.76. The Balaban J connectivity index is 1.56. The fraction of sp³-hybridized carbons (Fsp3) is 0.429. The Morgan fingerprint density at radius 2 is 1.97 bits per heavy atom. The third-order valence-corrected chi connectivity index (χ3v) is 6.67. The number of aromatic amines is 1. The number of carbonyl (C=O) groups is 1. The van der Waals surface area contributed by atoms with Gasteiger partial charge in [0.2, 0.25) is 0 Å². The molecule has 3 saturated carbocycles. The highest BCUT2D eigenvalue weighted by atomic mass is 19.1. The topological polar surface area (TPSA) is 113 Å². The Labute approximate surface area is 171 Å². The smallest absolute Gasteiger partial charge is 0.308 e. The van der Waals surface area contributed by atoms with Gasteiger partial charge in [-0.1, -0.05) is 0 Å². The molecular formula is C21H22FN5O3. The molecule has 0 spiro atoms. The van der Waals surface area contributed by atoms with E-state index in [1.807, 2.05) is 0 Å². The first-order chi connectivity index (χ1) is 14.4. The number of H-pyrrole nitrogens is 1. The summed E-state index contributed by atoms with van der Waals surface area (Å²) in [5, 5.41) is 17.9. The zero-order chi connectivity index (χ0) is 21.0. The van der Waals surface area contributed by atoms with Gasteiger partial charge in [-0.05, 0) is 49.7 Å². The molecule has 0 aromatic carbocycles. The first-order valence-electron chi connectivity index (χ1n) is 10.1. The van der Waals surface area contributed by atoms with Gasteiger partial charge in [0, 0.05) is 30.2 Å². The van der Waals surface area contributed by atoms with E-state index >= 15 is 0 Å². The monoisotopic (exact) mass is 411 g/mol. The molecule has 2 bridgehead atoms. The number of rotatable bonds is 4. The number of carboxylic acids is 1. The van der Waals surface area contributed by atoms with Gasteiger partial charge in [0.15, 0.2) is 0 Å². The second kappa shape index (κ2) is 6.93. The highest BCUT2D eigenvalue weighted by Crippen LogP contribution is 2.46. The molecule has 0 amide bonds. The van der Waals surface area contributed by atoms with Crippen molar-refractivity contribution >= 4 is 22.8 Å². The minimum atomic E-state index is -0.787. The number of anilines is 1. The molecule has 2 atom stereocenters. The number of halogens is 1. The largest absolute Gasteiger partial charge is 0.481 e. The van der Waals surface area contributed by atoms with E-state index < -0.39 is 17.7 Å². The summed E-state index contributed by atoms with van der Waals surface area (Å²) in [5.41, 5.74) is 1.03. The number of aryl methyl sites for hydroxylation is 1. The van der Waals surface area contributed by atoms with E-state index in [4.69, 9.17) is 0 Å². The number of carboxylic acid groups (broad SMARTS) is 1. The fourth-order valence-corrected chi connectivity index (χ4v) is 5.26. The summed E-state index contributed by atoms with van der Waals surface area (Å²) >= 11 is 0. The summed E-state index contributed by atoms with van der Waals surface area (Å²) in [4.78, 5) is 31.7. The van der Waals surface area contributed by atoms with Gasteiger partial charge in [-0.3, -0.25) is 9.59 Å². The molecule has 0 radical (unpaired) electrons. The summed E-state index contributed by atoms with van der Waals surface area (Å²) in [7, 11) is 1.55. The molecule has 3 aliphatic rings. The maximum absolute atomic E-state index is 13.7.